The predicted octanol–water partition coefficient (Wildman–Crippen LogP) is 1.98. The summed E-state index contributed by atoms with van der Waals surface area (Å²) in [6, 6.07) is 2.04. The van der Waals surface area contributed by atoms with Crippen molar-refractivity contribution in [3.8, 4) is 5.75 Å². The molecule has 1 aromatic carbocycles. The van der Waals surface area contributed by atoms with Crippen molar-refractivity contribution < 1.29 is 19.7 Å². The zero-order chi connectivity index (χ0) is 15.6. The minimum absolute atomic E-state index is 0.220. The molecule has 0 radical (unpaired) electrons. The van der Waals surface area contributed by atoms with Crippen LogP contribution in [0.4, 0.5) is 17.1 Å². The second-order valence-electron chi connectivity index (χ2n) is 3.92. The molecule has 9 heteroatoms. The summed E-state index contributed by atoms with van der Waals surface area (Å²) in [7, 11) is 0. The number of carbonyl (C=O) groups excluding carboxylic acids is 1. The Labute approximate surface area is 116 Å². The van der Waals surface area contributed by atoms with Gasteiger partial charge in [0.15, 0.2) is 5.78 Å². The molecular weight excluding hydrogens is 282 g/mol. The van der Waals surface area contributed by atoms with Gasteiger partial charge in [-0.1, -0.05) is 0 Å². The van der Waals surface area contributed by atoms with Crippen molar-refractivity contribution in [1.29, 1.82) is 0 Å². The Morgan fingerprint density at radius 3 is 2.05 bits per heavy atom. The number of phenols is 1. The molecule has 2 rings (SSSR count). The fraction of sp³-hybridized carbons (Fsp3) is 0. The van der Waals surface area contributed by atoms with Gasteiger partial charge in [-0.15, -0.1) is 0 Å². The first-order chi connectivity index (χ1) is 9.90. The summed E-state index contributed by atoms with van der Waals surface area (Å²) in [6.07, 6.45) is 5.06. The number of ketones is 1. The number of phenolic OH excluding ortho intramolecular Hbond substituents is 1. The fourth-order valence-electron chi connectivity index (χ4n) is 1.67. The first kappa shape index (κ1) is 14.1. The van der Waals surface area contributed by atoms with Gasteiger partial charge in [0, 0.05) is 0 Å². The van der Waals surface area contributed by atoms with E-state index >= 15 is 0 Å². The predicted molar refractivity (Wildman–Crippen MR) is 71.8 cm³/mol. The second-order valence-corrected chi connectivity index (χ2v) is 3.92. The number of aromatic hydroxyl groups is 1. The van der Waals surface area contributed by atoms with Crippen LogP contribution >= 0.6 is 0 Å². The zero-order valence-electron chi connectivity index (χ0n) is 10.3. The van der Waals surface area contributed by atoms with E-state index in [0.29, 0.717) is 0 Å². The monoisotopic (exact) mass is 289 g/mol. The topological polar surface area (TPSA) is 136 Å². The van der Waals surface area contributed by atoms with Gasteiger partial charge in [0.2, 0.25) is 5.75 Å². The van der Waals surface area contributed by atoms with Crippen molar-refractivity contribution in [2.24, 2.45) is 4.99 Å². The van der Waals surface area contributed by atoms with E-state index in [1.807, 2.05) is 0 Å². The van der Waals surface area contributed by atoms with Gasteiger partial charge in [0.05, 0.1) is 15.6 Å². The average Bonchev–Trinajstić information content (AvgIpc) is 2.42. The van der Waals surface area contributed by atoms with E-state index in [2.05, 4.69) is 4.99 Å². The number of hydrogen-bond donors (Lipinski definition) is 1. The number of allylic oxidation sites excluding steroid dienone is 4. The van der Waals surface area contributed by atoms with Crippen molar-refractivity contribution in [3.05, 3.63) is 56.7 Å². The fourth-order valence-corrected chi connectivity index (χ4v) is 1.67. The van der Waals surface area contributed by atoms with Gasteiger partial charge in [-0.2, -0.15) is 0 Å². The first-order valence-corrected chi connectivity index (χ1v) is 5.53. The molecular formula is C12H7N3O6. The molecule has 1 aliphatic rings. The maximum Gasteiger partial charge on any atom is 0.389 e. The van der Waals surface area contributed by atoms with E-state index < -0.39 is 27.0 Å². The number of aliphatic imine (C=N–C) groups is 1. The van der Waals surface area contributed by atoms with Gasteiger partial charge in [0.1, 0.15) is 5.69 Å². The summed E-state index contributed by atoms with van der Waals surface area (Å²) in [5, 5.41) is 31.3. The molecule has 0 unspecified atom stereocenters. The first-order valence-electron chi connectivity index (χ1n) is 5.53. The minimum Gasteiger partial charge on any atom is -0.502 e. The maximum atomic E-state index is 11.0. The molecule has 0 saturated heterocycles. The molecule has 106 valence electrons. The molecule has 1 aliphatic carbocycles. The van der Waals surface area contributed by atoms with Crippen molar-refractivity contribution in [2.45, 2.75) is 0 Å². The molecule has 0 fully saturated rings. The molecule has 0 bridgehead atoms. The number of nitrogens with zero attached hydrogens (tertiary/aromatic N) is 3. The largest absolute Gasteiger partial charge is 0.502 e. The van der Waals surface area contributed by atoms with Gasteiger partial charge in [0.25, 0.3) is 0 Å². The van der Waals surface area contributed by atoms with Crippen LogP contribution in [0.1, 0.15) is 0 Å². The molecule has 9 nitrogen and oxygen atoms in total. The van der Waals surface area contributed by atoms with Crippen LogP contribution in [0.15, 0.2) is 41.4 Å². The normalized spacial score (nSPS) is 13.3. The van der Waals surface area contributed by atoms with Crippen LogP contribution < -0.4 is 0 Å². The number of nitro groups is 2. The Kier molecular flexibility index (Phi) is 3.57. The van der Waals surface area contributed by atoms with E-state index in [1.54, 1.807) is 0 Å². The summed E-state index contributed by atoms with van der Waals surface area (Å²) in [5.74, 6) is -1.08. The lowest BCUT2D eigenvalue weighted by atomic mass is 10.1. The standard InChI is InChI=1S/C12H7N3O6/c16-8-3-1-7(2-4-8)13-9-5-6-10(17)12(15(20)21)11(9)14(18)19/h1-6,17H. The molecule has 0 saturated carbocycles. The molecule has 0 heterocycles. The van der Waals surface area contributed by atoms with Gasteiger partial charge in [-0.25, -0.2) is 4.99 Å². The van der Waals surface area contributed by atoms with E-state index in [9.17, 15) is 30.1 Å². The van der Waals surface area contributed by atoms with Crippen molar-refractivity contribution in [2.75, 3.05) is 0 Å². The molecule has 1 N–H and O–H groups in total. The van der Waals surface area contributed by atoms with Crippen LogP contribution in [0.2, 0.25) is 0 Å². The van der Waals surface area contributed by atoms with Crippen molar-refractivity contribution >= 4 is 28.6 Å². The Morgan fingerprint density at radius 1 is 0.952 bits per heavy atom. The van der Waals surface area contributed by atoms with Crippen LogP contribution in [-0.2, 0) is 4.79 Å². The SMILES string of the molecule is O=C1C=CC(=Nc2ccc(O)c([N+](=O)[O-])c2[N+](=O)[O-])C=C1. The highest BCUT2D eigenvalue weighted by Gasteiger charge is 2.33. The van der Waals surface area contributed by atoms with Gasteiger partial charge < -0.3 is 5.11 Å². The van der Waals surface area contributed by atoms with Crippen molar-refractivity contribution in [1.82, 2.24) is 0 Å². The average molecular weight is 289 g/mol. The summed E-state index contributed by atoms with van der Waals surface area (Å²) in [5.41, 5.74) is -2.01. The van der Waals surface area contributed by atoms with Crippen LogP contribution in [-0.4, -0.2) is 26.4 Å². The quantitative estimate of drug-likeness (QED) is 0.513. The zero-order valence-corrected chi connectivity index (χ0v) is 10.3. The Bertz CT molecular complexity index is 730. The highest BCUT2D eigenvalue weighted by Crippen LogP contribution is 2.42. The number of carbonyl (C=O) groups is 1. The summed E-state index contributed by atoms with van der Waals surface area (Å²) < 4.78 is 0. The number of hydrogen-bond acceptors (Lipinski definition) is 7. The van der Waals surface area contributed by atoms with Crippen LogP contribution in [0.25, 0.3) is 0 Å². The third-order valence-electron chi connectivity index (χ3n) is 2.56. The van der Waals surface area contributed by atoms with Gasteiger partial charge in [-0.05, 0) is 36.4 Å². The second kappa shape index (κ2) is 5.33. The van der Waals surface area contributed by atoms with Crippen LogP contribution in [0.5, 0.6) is 5.75 Å². The molecule has 1 aromatic rings. The van der Waals surface area contributed by atoms with Crippen molar-refractivity contribution in [3.63, 3.8) is 0 Å². The van der Waals surface area contributed by atoms with Crippen LogP contribution in [0, 0.1) is 20.2 Å². The summed E-state index contributed by atoms with van der Waals surface area (Å²) >= 11 is 0. The third-order valence-corrected chi connectivity index (χ3v) is 2.56. The third kappa shape index (κ3) is 2.81. The highest BCUT2D eigenvalue weighted by molar-refractivity contribution is 6.17. The molecule has 0 aromatic heterocycles. The lowest BCUT2D eigenvalue weighted by Crippen LogP contribution is -2.00. The van der Waals surface area contributed by atoms with E-state index in [0.717, 1.165) is 12.1 Å². The molecule has 0 amide bonds. The molecule has 0 atom stereocenters. The molecule has 0 spiro atoms. The lowest BCUT2D eigenvalue weighted by molar-refractivity contribution is -0.422. The van der Waals surface area contributed by atoms with Crippen LogP contribution in [0.3, 0.4) is 0 Å². The lowest BCUT2D eigenvalue weighted by Gasteiger charge is -2.03. The summed E-state index contributed by atoms with van der Waals surface area (Å²) in [6.45, 7) is 0. The Balaban J connectivity index is 2.63. The summed E-state index contributed by atoms with van der Waals surface area (Å²) in [4.78, 5) is 34.7. The molecule has 0 aliphatic heterocycles. The van der Waals surface area contributed by atoms with E-state index in [-0.39, 0.29) is 17.2 Å². The van der Waals surface area contributed by atoms with E-state index in [4.69, 9.17) is 0 Å². The minimum atomic E-state index is -1.05. The van der Waals surface area contributed by atoms with Gasteiger partial charge >= 0.3 is 11.4 Å². The van der Waals surface area contributed by atoms with Gasteiger partial charge in [-0.3, -0.25) is 25.0 Å². The molecule has 21 heavy (non-hydrogen) atoms. The number of nitro benzene ring substituents is 2. The number of benzene rings is 1. The Hall–Kier alpha value is -3.36. The maximum absolute atomic E-state index is 11.0. The van der Waals surface area contributed by atoms with E-state index in [1.165, 1.54) is 24.3 Å². The smallest absolute Gasteiger partial charge is 0.389 e. The Morgan fingerprint density at radius 2 is 1.52 bits per heavy atom. The highest BCUT2D eigenvalue weighted by atomic mass is 16.6. The number of rotatable bonds is 3.